The van der Waals surface area contributed by atoms with Crippen LogP contribution in [0.5, 0.6) is 0 Å². The van der Waals surface area contributed by atoms with Crippen LogP contribution in [0, 0.1) is 0 Å². The number of anilines is 3. The third-order valence-electron chi connectivity index (χ3n) is 4.73. The number of amides is 1. The lowest BCUT2D eigenvalue weighted by atomic mass is 10.2. The molecule has 0 atom stereocenters. The highest BCUT2D eigenvalue weighted by Gasteiger charge is 2.18. The van der Waals surface area contributed by atoms with E-state index in [2.05, 4.69) is 24.7 Å². The summed E-state index contributed by atoms with van der Waals surface area (Å²) in [4.78, 5) is 20.4. The fraction of sp³-hybridized carbons (Fsp3) is 0. The zero-order valence-corrected chi connectivity index (χ0v) is 20.7. The normalized spacial score (nSPS) is 11.5. The highest BCUT2D eigenvalue weighted by molar-refractivity contribution is 7.93. The summed E-state index contributed by atoms with van der Waals surface area (Å²) in [6.45, 7) is 0. The van der Waals surface area contributed by atoms with E-state index in [1.54, 1.807) is 24.3 Å². The highest BCUT2D eigenvalue weighted by Crippen LogP contribution is 2.25. The summed E-state index contributed by atoms with van der Waals surface area (Å²) in [7, 11) is -7.74. The molecule has 1 aromatic heterocycles. The van der Waals surface area contributed by atoms with Gasteiger partial charge in [0.15, 0.2) is 0 Å². The van der Waals surface area contributed by atoms with E-state index in [0.29, 0.717) is 5.69 Å². The number of nitrogens with zero attached hydrogens (tertiary/aromatic N) is 2. The van der Waals surface area contributed by atoms with Gasteiger partial charge in [-0.1, -0.05) is 29.8 Å². The van der Waals surface area contributed by atoms with Gasteiger partial charge in [-0.05, 0) is 60.7 Å². The molecule has 1 heterocycles. The number of halogens is 1. The lowest BCUT2D eigenvalue weighted by Gasteiger charge is -2.11. The van der Waals surface area contributed by atoms with Gasteiger partial charge in [0.1, 0.15) is 0 Å². The minimum atomic E-state index is -3.92. The van der Waals surface area contributed by atoms with Crippen LogP contribution < -0.4 is 14.8 Å². The van der Waals surface area contributed by atoms with Crippen LogP contribution in [0.25, 0.3) is 0 Å². The number of carbonyl (C=O) groups excluding carboxylic acids is 1. The quantitative estimate of drug-likeness (QED) is 0.304. The molecule has 3 aromatic carbocycles. The molecule has 0 bridgehead atoms. The van der Waals surface area contributed by atoms with Crippen LogP contribution in [0.1, 0.15) is 10.4 Å². The van der Waals surface area contributed by atoms with E-state index in [9.17, 15) is 21.6 Å². The van der Waals surface area contributed by atoms with E-state index in [-0.39, 0.29) is 32.0 Å². The smallest absolute Gasteiger partial charge is 0.264 e. The summed E-state index contributed by atoms with van der Waals surface area (Å²) in [6.07, 6.45) is 2.80. The van der Waals surface area contributed by atoms with Crippen LogP contribution in [0.3, 0.4) is 0 Å². The van der Waals surface area contributed by atoms with Gasteiger partial charge in [0.25, 0.3) is 26.0 Å². The molecule has 0 unspecified atom stereocenters. The predicted octanol–water partition coefficient (Wildman–Crippen LogP) is 3.98. The van der Waals surface area contributed by atoms with E-state index in [4.69, 9.17) is 11.6 Å². The van der Waals surface area contributed by atoms with Crippen molar-refractivity contribution < 1.29 is 21.6 Å². The van der Waals surface area contributed by atoms with Crippen molar-refractivity contribution in [1.82, 2.24) is 9.97 Å². The Morgan fingerprint density at radius 1 is 0.694 bits per heavy atom. The number of hydrogen-bond donors (Lipinski definition) is 3. The van der Waals surface area contributed by atoms with Gasteiger partial charge in [-0.3, -0.25) is 9.52 Å². The first-order chi connectivity index (χ1) is 17.1. The second kappa shape index (κ2) is 10.3. The average Bonchev–Trinajstić information content (AvgIpc) is 2.85. The van der Waals surface area contributed by atoms with E-state index in [0.717, 1.165) is 0 Å². The minimum Gasteiger partial charge on any atom is -0.322 e. The molecule has 4 rings (SSSR count). The Kier molecular flexibility index (Phi) is 7.20. The van der Waals surface area contributed by atoms with Gasteiger partial charge in [0.2, 0.25) is 5.95 Å². The summed E-state index contributed by atoms with van der Waals surface area (Å²) >= 11 is 6.23. The van der Waals surface area contributed by atoms with Crippen LogP contribution in [-0.4, -0.2) is 32.7 Å². The number of nitrogens with one attached hydrogen (secondary N) is 3. The number of rotatable bonds is 8. The van der Waals surface area contributed by atoms with Crippen LogP contribution >= 0.6 is 11.6 Å². The monoisotopic (exact) mass is 543 g/mol. The largest absolute Gasteiger partial charge is 0.322 e. The Balaban J connectivity index is 1.44. The molecule has 36 heavy (non-hydrogen) atoms. The molecule has 0 saturated heterocycles. The van der Waals surface area contributed by atoms with Crippen molar-refractivity contribution in [2.75, 3.05) is 14.8 Å². The SMILES string of the molecule is O=C(Nc1ccc(S(=O)(=O)Nc2ncccn2)cc1)c1ccc(NS(=O)(=O)c2ccccc2)cc1Cl. The van der Waals surface area contributed by atoms with E-state index >= 15 is 0 Å². The number of benzene rings is 3. The molecule has 0 aliphatic heterocycles. The molecule has 1 amide bonds. The fourth-order valence-electron chi connectivity index (χ4n) is 3.02. The van der Waals surface area contributed by atoms with Crippen LogP contribution in [0.4, 0.5) is 17.3 Å². The molecule has 0 aliphatic rings. The molecule has 0 radical (unpaired) electrons. The van der Waals surface area contributed by atoms with Crippen LogP contribution in [-0.2, 0) is 20.0 Å². The van der Waals surface area contributed by atoms with Gasteiger partial charge in [-0.15, -0.1) is 0 Å². The lowest BCUT2D eigenvalue weighted by Crippen LogP contribution is -2.16. The topological polar surface area (TPSA) is 147 Å². The summed E-state index contributed by atoms with van der Waals surface area (Å²) in [5.74, 6) is -0.636. The number of carbonyl (C=O) groups is 1. The second-order valence-electron chi connectivity index (χ2n) is 7.27. The van der Waals surface area contributed by atoms with Crippen molar-refractivity contribution in [1.29, 1.82) is 0 Å². The van der Waals surface area contributed by atoms with Crippen molar-refractivity contribution in [2.24, 2.45) is 0 Å². The van der Waals surface area contributed by atoms with E-state index in [1.165, 1.54) is 67.0 Å². The summed E-state index contributed by atoms with van der Waals surface area (Å²) in [5.41, 5.74) is 0.601. The number of aromatic nitrogens is 2. The van der Waals surface area contributed by atoms with Crippen molar-refractivity contribution >= 4 is 54.9 Å². The Morgan fingerprint density at radius 3 is 1.92 bits per heavy atom. The maximum Gasteiger partial charge on any atom is 0.264 e. The number of sulfonamides is 2. The van der Waals surface area contributed by atoms with Crippen molar-refractivity contribution in [3.8, 4) is 0 Å². The highest BCUT2D eigenvalue weighted by atomic mass is 35.5. The molecular formula is C23H18ClN5O5S2. The Hall–Kier alpha value is -4.00. The minimum absolute atomic E-state index is 0.0204. The zero-order valence-electron chi connectivity index (χ0n) is 18.3. The Labute approximate surface area is 212 Å². The summed E-state index contributed by atoms with van der Waals surface area (Å²) in [6, 6.07) is 18.9. The standard InChI is InChI=1S/C23H18ClN5O5S2/c24-21-15-17(28-35(31,32)18-5-2-1-3-6-18)9-12-20(21)22(30)27-16-7-10-19(11-8-16)36(33,34)29-23-25-13-4-14-26-23/h1-15,28H,(H,27,30)(H,25,26,29). The van der Waals surface area contributed by atoms with Gasteiger partial charge in [0.05, 0.1) is 26.1 Å². The van der Waals surface area contributed by atoms with Gasteiger partial charge < -0.3 is 5.32 Å². The molecule has 184 valence electrons. The van der Waals surface area contributed by atoms with Crippen molar-refractivity contribution in [3.05, 3.63) is 102 Å². The van der Waals surface area contributed by atoms with Crippen LogP contribution in [0.15, 0.2) is 101 Å². The Bertz CT molecular complexity index is 1600. The molecular weight excluding hydrogens is 526 g/mol. The summed E-state index contributed by atoms with van der Waals surface area (Å²) < 4.78 is 54.6. The number of hydrogen-bond acceptors (Lipinski definition) is 7. The Morgan fingerprint density at radius 2 is 1.28 bits per heavy atom. The molecule has 0 spiro atoms. The van der Waals surface area contributed by atoms with E-state index < -0.39 is 26.0 Å². The molecule has 10 nitrogen and oxygen atoms in total. The molecule has 4 aromatic rings. The maximum atomic E-state index is 12.7. The van der Waals surface area contributed by atoms with Gasteiger partial charge in [0, 0.05) is 18.1 Å². The lowest BCUT2D eigenvalue weighted by molar-refractivity contribution is 0.102. The zero-order chi connectivity index (χ0) is 25.8. The van der Waals surface area contributed by atoms with Crippen molar-refractivity contribution in [3.63, 3.8) is 0 Å². The molecule has 0 fully saturated rings. The summed E-state index contributed by atoms with van der Waals surface area (Å²) in [5, 5.41) is 2.64. The average molecular weight is 544 g/mol. The fourth-order valence-corrected chi connectivity index (χ4v) is 5.32. The first kappa shape index (κ1) is 25.1. The first-order valence-electron chi connectivity index (χ1n) is 10.2. The van der Waals surface area contributed by atoms with E-state index in [1.807, 2.05) is 0 Å². The van der Waals surface area contributed by atoms with Gasteiger partial charge in [-0.25, -0.2) is 31.5 Å². The predicted molar refractivity (Wildman–Crippen MR) is 136 cm³/mol. The van der Waals surface area contributed by atoms with Crippen LogP contribution in [0.2, 0.25) is 5.02 Å². The molecule has 0 saturated carbocycles. The van der Waals surface area contributed by atoms with Crippen molar-refractivity contribution in [2.45, 2.75) is 9.79 Å². The molecule has 13 heteroatoms. The first-order valence-corrected chi connectivity index (χ1v) is 13.6. The van der Waals surface area contributed by atoms with Gasteiger partial charge >= 0.3 is 0 Å². The third-order valence-corrected chi connectivity index (χ3v) is 7.79. The van der Waals surface area contributed by atoms with Gasteiger partial charge in [-0.2, -0.15) is 0 Å². The maximum absolute atomic E-state index is 12.7. The third kappa shape index (κ3) is 5.97. The second-order valence-corrected chi connectivity index (χ2v) is 11.0. The molecule has 0 aliphatic carbocycles. The molecule has 3 N–H and O–H groups in total.